The summed E-state index contributed by atoms with van der Waals surface area (Å²) < 4.78 is 11.0. The maximum absolute atomic E-state index is 13.0. The van der Waals surface area contributed by atoms with E-state index < -0.39 is 17.8 Å². The fraction of sp³-hybridized carbons (Fsp3) is 0.174. The van der Waals surface area contributed by atoms with Crippen LogP contribution in [0.4, 0.5) is 10.5 Å². The number of nitrogens with one attached hydrogen (secondary N) is 1. The summed E-state index contributed by atoms with van der Waals surface area (Å²) in [5.41, 5.74) is 1.34. The number of hydrogen-bond acceptors (Lipinski definition) is 5. The SMILES string of the molecule is C#CCOc1ccc(/C=C2/C(=O)NC(=O)N(c3ccc(C)c(Cl)c3)C2=O)cc1OCC. The van der Waals surface area contributed by atoms with Crippen molar-refractivity contribution in [1.82, 2.24) is 5.32 Å². The number of anilines is 1. The van der Waals surface area contributed by atoms with Gasteiger partial charge in [0.1, 0.15) is 12.2 Å². The number of carbonyl (C=O) groups excluding carboxylic acids is 3. The van der Waals surface area contributed by atoms with Gasteiger partial charge in [-0.3, -0.25) is 14.9 Å². The number of halogens is 1. The third-order valence-corrected chi connectivity index (χ3v) is 4.81. The second-order valence-electron chi connectivity index (χ2n) is 6.52. The van der Waals surface area contributed by atoms with Crippen LogP contribution in [-0.4, -0.2) is 31.1 Å². The monoisotopic (exact) mass is 438 g/mol. The Labute approximate surface area is 184 Å². The quantitative estimate of drug-likeness (QED) is 0.422. The molecule has 7 nitrogen and oxygen atoms in total. The Hall–Kier alpha value is -3.76. The van der Waals surface area contributed by atoms with Crippen LogP contribution in [0.15, 0.2) is 42.0 Å². The summed E-state index contributed by atoms with van der Waals surface area (Å²) in [7, 11) is 0. The first kappa shape index (κ1) is 21.9. The fourth-order valence-corrected chi connectivity index (χ4v) is 3.08. The smallest absolute Gasteiger partial charge is 0.335 e. The van der Waals surface area contributed by atoms with Gasteiger partial charge in [0.05, 0.1) is 12.3 Å². The summed E-state index contributed by atoms with van der Waals surface area (Å²) in [5, 5.41) is 2.57. The second-order valence-corrected chi connectivity index (χ2v) is 6.93. The van der Waals surface area contributed by atoms with E-state index in [9.17, 15) is 14.4 Å². The number of ether oxygens (including phenoxy) is 2. The molecule has 1 N–H and O–H groups in total. The van der Waals surface area contributed by atoms with Gasteiger partial charge in [0.15, 0.2) is 11.5 Å². The molecule has 0 spiro atoms. The number of amides is 4. The minimum atomic E-state index is -0.847. The van der Waals surface area contributed by atoms with Crippen LogP contribution in [0, 0.1) is 19.3 Å². The van der Waals surface area contributed by atoms with Crippen LogP contribution < -0.4 is 19.7 Å². The molecule has 8 heteroatoms. The van der Waals surface area contributed by atoms with E-state index in [1.807, 2.05) is 6.92 Å². The Bertz CT molecular complexity index is 1130. The average molecular weight is 439 g/mol. The topological polar surface area (TPSA) is 84.9 Å². The minimum Gasteiger partial charge on any atom is -0.490 e. The highest BCUT2D eigenvalue weighted by molar-refractivity contribution is 6.39. The number of nitrogens with zero attached hydrogens (tertiary/aromatic N) is 1. The molecule has 0 saturated carbocycles. The van der Waals surface area contributed by atoms with Crippen molar-refractivity contribution in [2.45, 2.75) is 13.8 Å². The molecule has 3 rings (SSSR count). The summed E-state index contributed by atoms with van der Waals surface area (Å²) >= 11 is 6.13. The van der Waals surface area contributed by atoms with Crippen LogP contribution >= 0.6 is 11.6 Å². The molecule has 1 saturated heterocycles. The Morgan fingerprint density at radius 3 is 2.58 bits per heavy atom. The van der Waals surface area contributed by atoms with Gasteiger partial charge in [0.25, 0.3) is 11.8 Å². The zero-order valence-corrected chi connectivity index (χ0v) is 17.7. The molecule has 0 aromatic heterocycles. The third-order valence-electron chi connectivity index (χ3n) is 4.40. The van der Waals surface area contributed by atoms with Gasteiger partial charge in [-0.05, 0) is 55.3 Å². The standard InChI is InChI=1S/C23H19ClN2O5/c1-4-10-31-19-9-7-15(12-20(19)30-5-2)11-17-21(27)25-23(29)26(22(17)28)16-8-6-14(3)18(24)13-16/h1,6-9,11-13H,5,10H2,2-3H3,(H,25,27,29)/b17-11-. The van der Waals surface area contributed by atoms with E-state index >= 15 is 0 Å². The number of hydrogen-bond donors (Lipinski definition) is 1. The molecule has 0 aliphatic carbocycles. The molecule has 0 bridgehead atoms. The van der Waals surface area contributed by atoms with E-state index in [1.165, 1.54) is 12.1 Å². The zero-order valence-electron chi connectivity index (χ0n) is 16.9. The lowest BCUT2D eigenvalue weighted by Gasteiger charge is -2.26. The van der Waals surface area contributed by atoms with Gasteiger partial charge < -0.3 is 9.47 Å². The number of rotatable bonds is 6. The molecule has 0 atom stereocenters. The van der Waals surface area contributed by atoms with Gasteiger partial charge in [0.2, 0.25) is 0 Å². The molecule has 1 aliphatic heterocycles. The lowest BCUT2D eigenvalue weighted by molar-refractivity contribution is -0.122. The van der Waals surface area contributed by atoms with Crippen molar-refractivity contribution in [3.8, 4) is 23.8 Å². The Balaban J connectivity index is 1.98. The highest BCUT2D eigenvalue weighted by Crippen LogP contribution is 2.31. The van der Waals surface area contributed by atoms with E-state index in [0.717, 1.165) is 10.5 Å². The molecule has 1 aliphatic rings. The van der Waals surface area contributed by atoms with Gasteiger partial charge in [0, 0.05) is 5.02 Å². The van der Waals surface area contributed by atoms with E-state index in [1.54, 1.807) is 37.3 Å². The number of benzene rings is 2. The maximum atomic E-state index is 13.0. The van der Waals surface area contributed by atoms with Crippen LogP contribution in [-0.2, 0) is 9.59 Å². The predicted octanol–water partition coefficient (Wildman–Crippen LogP) is 3.73. The second kappa shape index (κ2) is 9.37. The Kier molecular flexibility index (Phi) is 6.63. The average Bonchev–Trinajstić information content (AvgIpc) is 2.73. The Morgan fingerprint density at radius 2 is 1.90 bits per heavy atom. The first-order chi connectivity index (χ1) is 14.8. The van der Waals surface area contributed by atoms with Crippen molar-refractivity contribution < 1.29 is 23.9 Å². The molecule has 2 aromatic rings. The van der Waals surface area contributed by atoms with E-state index in [-0.39, 0.29) is 17.9 Å². The molecule has 31 heavy (non-hydrogen) atoms. The molecule has 4 amide bonds. The minimum absolute atomic E-state index is 0.0670. The summed E-state index contributed by atoms with van der Waals surface area (Å²) in [6, 6.07) is 8.80. The van der Waals surface area contributed by atoms with E-state index in [4.69, 9.17) is 27.5 Å². The van der Waals surface area contributed by atoms with Crippen molar-refractivity contribution >= 4 is 41.2 Å². The molecular weight excluding hydrogens is 420 g/mol. The highest BCUT2D eigenvalue weighted by Gasteiger charge is 2.37. The molecule has 1 heterocycles. The van der Waals surface area contributed by atoms with Crippen molar-refractivity contribution in [1.29, 1.82) is 0 Å². The molecule has 158 valence electrons. The lowest BCUT2D eigenvalue weighted by atomic mass is 10.1. The summed E-state index contributed by atoms with van der Waals surface area (Å²) in [6.45, 7) is 4.05. The molecule has 2 aromatic carbocycles. The third kappa shape index (κ3) is 4.71. The van der Waals surface area contributed by atoms with Crippen LogP contribution in [0.2, 0.25) is 5.02 Å². The summed E-state index contributed by atoms with van der Waals surface area (Å²) in [6.07, 6.45) is 6.60. The molecule has 0 radical (unpaired) electrons. The van der Waals surface area contributed by atoms with Gasteiger partial charge in [-0.15, -0.1) is 6.42 Å². The van der Waals surface area contributed by atoms with Crippen molar-refractivity contribution in [2.75, 3.05) is 18.1 Å². The lowest BCUT2D eigenvalue weighted by Crippen LogP contribution is -2.54. The van der Waals surface area contributed by atoms with Crippen molar-refractivity contribution in [2.24, 2.45) is 0 Å². The van der Waals surface area contributed by atoms with Gasteiger partial charge in [-0.25, -0.2) is 9.69 Å². The van der Waals surface area contributed by atoms with E-state index in [0.29, 0.717) is 28.7 Å². The number of urea groups is 1. The highest BCUT2D eigenvalue weighted by atomic mass is 35.5. The predicted molar refractivity (Wildman–Crippen MR) is 117 cm³/mol. The van der Waals surface area contributed by atoms with Gasteiger partial charge >= 0.3 is 6.03 Å². The zero-order chi connectivity index (χ0) is 22.5. The number of aryl methyl sites for hydroxylation is 1. The van der Waals surface area contributed by atoms with Gasteiger partial charge in [-0.2, -0.15) is 0 Å². The van der Waals surface area contributed by atoms with Crippen LogP contribution in [0.3, 0.4) is 0 Å². The van der Waals surface area contributed by atoms with Gasteiger partial charge in [-0.1, -0.05) is 29.7 Å². The Morgan fingerprint density at radius 1 is 1.13 bits per heavy atom. The number of terminal acetylenes is 1. The fourth-order valence-electron chi connectivity index (χ4n) is 2.90. The molecular formula is C23H19ClN2O5. The number of barbiturate groups is 1. The van der Waals surface area contributed by atoms with Crippen molar-refractivity contribution in [3.05, 3.63) is 58.1 Å². The maximum Gasteiger partial charge on any atom is 0.335 e. The summed E-state index contributed by atoms with van der Waals surface area (Å²) in [5.74, 6) is 1.66. The van der Waals surface area contributed by atoms with Crippen molar-refractivity contribution in [3.63, 3.8) is 0 Å². The number of imide groups is 2. The molecule has 0 unspecified atom stereocenters. The molecule has 1 fully saturated rings. The largest absolute Gasteiger partial charge is 0.490 e. The van der Waals surface area contributed by atoms with Crippen LogP contribution in [0.5, 0.6) is 11.5 Å². The first-order valence-corrected chi connectivity index (χ1v) is 9.74. The van der Waals surface area contributed by atoms with E-state index in [2.05, 4.69) is 11.2 Å². The van der Waals surface area contributed by atoms with Crippen LogP contribution in [0.1, 0.15) is 18.1 Å². The normalized spacial score (nSPS) is 15.0. The summed E-state index contributed by atoms with van der Waals surface area (Å²) in [4.78, 5) is 38.6. The van der Waals surface area contributed by atoms with Crippen LogP contribution in [0.25, 0.3) is 6.08 Å². The number of carbonyl (C=O) groups is 3. The first-order valence-electron chi connectivity index (χ1n) is 9.36.